The number of hydrogen-bond acceptors (Lipinski definition) is 9. The van der Waals surface area contributed by atoms with E-state index in [0.29, 0.717) is 41.6 Å². The van der Waals surface area contributed by atoms with E-state index >= 15 is 0 Å². The van der Waals surface area contributed by atoms with Gasteiger partial charge in [0, 0.05) is 38.7 Å². The number of alkyl halides is 2. The van der Waals surface area contributed by atoms with Crippen LogP contribution >= 0.6 is 0 Å². The number of methoxy groups -OCH3 is 1. The van der Waals surface area contributed by atoms with E-state index in [1.165, 1.54) is 23.9 Å². The molecule has 4 rings (SSSR count). The molecule has 0 amide bonds. The van der Waals surface area contributed by atoms with Gasteiger partial charge in [-0.1, -0.05) is 12.1 Å². The van der Waals surface area contributed by atoms with E-state index in [1.807, 2.05) is 6.92 Å². The maximum Gasteiger partial charge on any atom is 0.305 e. The van der Waals surface area contributed by atoms with Crippen molar-refractivity contribution in [3.05, 3.63) is 46.0 Å². The third kappa shape index (κ3) is 6.14. The fourth-order valence-corrected chi connectivity index (χ4v) is 4.63. The van der Waals surface area contributed by atoms with Crippen LogP contribution in [0.5, 0.6) is 5.88 Å². The molecular formula is C25H31F2N7O4. The van der Waals surface area contributed by atoms with Crippen molar-refractivity contribution in [2.45, 2.75) is 52.2 Å². The third-order valence-corrected chi connectivity index (χ3v) is 6.39. The molecular weight excluding hydrogens is 500 g/mol. The predicted octanol–water partition coefficient (Wildman–Crippen LogP) is 2.76. The summed E-state index contributed by atoms with van der Waals surface area (Å²) in [6, 6.07) is 6.36. The van der Waals surface area contributed by atoms with Crippen LogP contribution < -0.4 is 15.2 Å². The number of ether oxygens (including phenoxy) is 2. The quantitative estimate of drug-likeness (QED) is 0.384. The lowest BCUT2D eigenvalue weighted by atomic mass is 9.91. The normalized spacial score (nSPS) is 16.9. The molecule has 0 unspecified atom stereocenters. The summed E-state index contributed by atoms with van der Waals surface area (Å²) in [5, 5.41) is 12.6. The number of rotatable bonds is 9. The molecule has 0 radical (unpaired) electrons. The van der Waals surface area contributed by atoms with Crippen LogP contribution in [0.3, 0.4) is 0 Å². The molecule has 0 aliphatic carbocycles. The number of nitrogens with zero attached hydrogens (tertiary/aromatic N) is 7. The lowest BCUT2D eigenvalue weighted by Gasteiger charge is -2.39. The Kier molecular flexibility index (Phi) is 8.02. The Bertz CT molecular complexity index is 1360. The van der Waals surface area contributed by atoms with Gasteiger partial charge in [-0.3, -0.25) is 9.59 Å². The fraction of sp³-hybridized carbons (Fsp3) is 0.520. The molecule has 0 aromatic carbocycles. The van der Waals surface area contributed by atoms with Gasteiger partial charge in [-0.25, -0.2) is 23.1 Å². The van der Waals surface area contributed by atoms with Crippen molar-refractivity contribution < 1.29 is 23.0 Å². The molecule has 1 fully saturated rings. The zero-order chi connectivity index (χ0) is 27.4. The number of aromatic nitrogens is 6. The average molecular weight is 532 g/mol. The van der Waals surface area contributed by atoms with Gasteiger partial charge in [0.25, 0.3) is 11.5 Å². The van der Waals surface area contributed by atoms with E-state index in [2.05, 4.69) is 25.1 Å². The maximum absolute atomic E-state index is 14.5. The fourth-order valence-electron chi connectivity index (χ4n) is 4.63. The summed E-state index contributed by atoms with van der Waals surface area (Å²) in [5.41, 5.74) is 2.52. The van der Waals surface area contributed by atoms with Crippen LogP contribution in [0.4, 0.5) is 14.5 Å². The highest BCUT2D eigenvalue weighted by molar-refractivity contribution is 5.69. The molecule has 0 saturated carbocycles. The number of esters is 1. The van der Waals surface area contributed by atoms with Crippen molar-refractivity contribution in [1.29, 1.82) is 0 Å². The molecule has 4 heterocycles. The Balaban J connectivity index is 1.54. The summed E-state index contributed by atoms with van der Waals surface area (Å²) in [5.74, 6) is -3.69. The molecule has 204 valence electrons. The highest BCUT2D eigenvalue weighted by Gasteiger charge is 2.41. The number of pyridine rings is 1. The Hall–Kier alpha value is -3.90. The average Bonchev–Trinajstić information content (AvgIpc) is 3.23. The summed E-state index contributed by atoms with van der Waals surface area (Å²) in [6.07, 6.45) is 0.326. The minimum atomic E-state index is -2.94. The molecule has 3 aromatic rings. The number of carbonyl (C=O) groups is 1. The molecule has 0 N–H and O–H groups in total. The van der Waals surface area contributed by atoms with Gasteiger partial charge in [0.15, 0.2) is 0 Å². The third-order valence-electron chi connectivity index (χ3n) is 6.39. The van der Waals surface area contributed by atoms with Crippen molar-refractivity contribution >= 4 is 11.7 Å². The number of piperidine rings is 1. The van der Waals surface area contributed by atoms with Crippen LogP contribution in [0.1, 0.15) is 37.6 Å². The van der Waals surface area contributed by atoms with Gasteiger partial charge in [-0.05, 0) is 31.4 Å². The zero-order valence-electron chi connectivity index (χ0n) is 21.9. The second-order valence-corrected chi connectivity index (χ2v) is 9.42. The van der Waals surface area contributed by atoms with Gasteiger partial charge >= 0.3 is 5.97 Å². The molecule has 0 spiro atoms. The van der Waals surface area contributed by atoms with Crippen LogP contribution in [0, 0.1) is 12.8 Å². The monoisotopic (exact) mass is 531 g/mol. The maximum atomic E-state index is 14.5. The molecule has 11 nitrogen and oxygen atoms in total. The molecule has 1 aliphatic heterocycles. The first-order valence-electron chi connectivity index (χ1n) is 12.4. The predicted molar refractivity (Wildman–Crippen MR) is 134 cm³/mol. The smallest absolute Gasteiger partial charge is 0.305 e. The molecule has 0 bridgehead atoms. The summed E-state index contributed by atoms with van der Waals surface area (Å²) in [6.45, 7) is 4.10. The van der Waals surface area contributed by atoms with Gasteiger partial charge in [0.1, 0.15) is 18.0 Å². The first-order chi connectivity index (χ1) is 18.1. The topological polar surface area (TPSA) is 117 Å². The number of anilines is 1. The largest absolute Gasteiger partial charge is 0.470 e. The molecule has 1 aliphatic rings. The van der Waals surface area contributed by atoms with Gasteiger partial charge in [0.05, 0.1) is 37.2 Å². The summed E-state index contributed by atoms with van der Waals surface area (Å²) in [7, 11) is 2.97. The van der Waals surface area contributed by atoms with E-state index < -0.39 is 24.4 Å². The first kappa shape index (κ1) is 27.1. The van der Waals surface area contributed by atoms with E-state index in [-0.39, 0.29) is 30.9 Å². The second-order valence-electron chi connectivity index (χ2n) is 9.42. The second kappa shape index (κ2) is 11.2. The number of aryl methyl sites for hydroxylation is 3. The highest BCUT2D eigenvalue weighted by Crippen LogP contribution is 2.36. The molecule has 1 atom stereocenters. The van der Waals surface area contributed by atoms with E-state index in [0.717, 1.165) is 6.42 Å². The Morgan fingerprint density at radius 2 is 2.03 bits per heavy atom. The number of hydrogen-bond donors (Lipinski definition) is 0. The van der Waals surface area contributed by atoms with Gasteiger partial charge in [-0.2, -0.15) is 0 Å². The van der Waals surface area contributed by atoms with E-state index in [9.17, 15) is 18.4 Å². The van der Waals surface area contributed by atoms with Crippen molar-refractivity contribution in [2.24, 2.45) is 13.0 Å². The first-order valence-corrected chi connectivity index (χ1v) is 12.4. The standard InChI is InChI=1S/C25H31F2N7O4/c1-5-10-34-22(35)9-8-21(30-34)38-14-20-24(29-31-32(20)3)18-6-7-19(16(2)28-18)33-13-17(11-23(36)37-4)12-25(26,27)15-33/h6-9,17H,5,10-15H2,1-4H3/t17-/m0/s1. The number of carbonyl (C=O) groups excluding carboxylic acids is 1. The van der Waals surface area contributed by atoms with Crippen molar-refractivity contribution in [3.63, 3.8) is 0 Å². The van der Waals surface area contributed by atoms with Crippen molar-refractivity contribution in [2.75, 3.05) is 25.1 Å². The summed E-state index contributed by atoms with van der Waals surface area (Å²) in [4.78, 5) is 29.8. The summed E-state index contributed by atoms with van der Waals surface area (Å²) < 4.78 is 42.5. The SMILES string of the molecule is CCCn1nc(OCc2c(-c3ccc(N4C[C@@H](CC(=O)OC)CC(F)(F)C4)c(C)n3)nnn2C)ccc1=O. The van der Waals surface area contributed by atoms with Crippen LogP contribution in [-0.2, 0) is 29.7 Å². The zero-order valence-corrected chi connectivity index (χ0v) is 21.9. The Labute approximate surface area is 218 Å². The summed E-state index contributed by atoms with van der Waals surface area (Å²) >= 11 is 0. The lowest BCUT2D eigenvalue weighted by Crippen LogP contribution is -2.48. The molecule has 13 heteroatoms. The van der Waals surface area contributed by atoms with E-state index in [4.69, 9.17) is 4.74 Å². The van der Waals surface area contributed by atoms with Crippen LogP contribution in [-0.4, -0.2) is 61.8 Å². The Morgan fingerprint density at radius 1 is 1.24 bits per heavy atom. The van der Waals surface area contributed by atoms with Crippen LogP contribution in [0.25, 0.3) is 11.4 Å². The lowest BCUT2D eigenvalue weighted by molar-refractivity contribution is -0.142. The molecule has 3 aromatic heterocycles. The minimum absolute atomic E-state index is 0.0685. The van der Waals surface area contributed by atoms with Crippen LogP contribution in [0.15, 0.2) is 29.1 Å². The van der Waals surface area contributed by atoms with Crippen molar-refractivity contribution in [3.8, 4) is 17.3 Å². The van der Waals surface area contributed by atoms with Gasteiger partial charge < -0.3 is 14.4 Å². The Morgan fingerprint density at radius 3 is 2.74 bits per heavy atom. The highest BCUT2D eigenvalue weighted by atomic mass is 19.3. The minimum Gasteiger partial charge on any atom is -0.470 e. The van der Waals surface area contributed by atoms with Crippen molar-refractivity contribution in [1.82, 2.24) is 29.8 Å². The molecule has 38 heavy (non-hydrogen) atoms. The van der Waals surface area contributed by atoms with Gasteiger partial charge in [0.2, 0.25) is 5.88 Å². The van der Waals surface area contributed by atoms with Crippen LogP contribution in [0.2, 0.25) is 0 Å². The number of halogens is 2. The molecule has 1 saturated heterocycles. The van der Waals surface area contributed by atoms with Gasteiger partial charge in [-0.15, -0.1) is 10.2 Å². The van der Waals surface area contributed by atoms with E-state index in [1.54, 1.807) is 35.7 Å².